The van der Waals surface area contributed by atoms with Gasteiger partial charge in [-0.2, -0.15) is 0 Å². The minimum absolute atomic E-state index is 0.0682. The predicted molar refractivity (Wildman–Crippen MR) is 311 cm³/mol. The second-order valence-corrected chi connectivity index (χ2v) is 21.1. The largest absolute Gasteiger partial charge is 0.496 e. The number of hydrogen-bond acceptors (Lipinski definition) is 19. The number of thiophene rings is 1. The number of benzene rings is 2. The molecule has 7 heterocycles. The number of nitrogens with zero attached hydrogens (tertiary/aromatic N) is 9. The monoisotopic (exact) mass is 1180 g/mol. The van der Waals surface area contributed by atoms with E-state index in [0.717, 1.165) is 44.4 Å². The number of hydrogen-bond donors (Lipinski definition) is 2. The standard InChI is InChI=1S/C58H68ClN11O12S/c1-35-39(5)83-57-52(35)54(41-11-13-42(59)14-12-41)63-47(56-65-64-40(6)70(56)57)32-50(71)61-16-17-75-18-19-76-20-21-77-22-23-78-24-25-79-26-27-80-28-29-81-67-51(72)34-68-48-33-62-46-30-44(53-36(2)66-82-38(53)4)49(74-7)31-43(46)55(48)69(58(68)73)37(3)45-10-8-9-15-60-45/h8-15,30-31,33,37,47H,16-29,32,34H2,1-7H3,(H,61,71)(H,67,72)/t37-,47+/m1/s1. The molecule has 0 radical (unpaired) electrons. The summed E-state index contributed by atoms with van der Waals surface area (Å²) in [6.07, 6.45) is 3.35. The van der Waals surface area contributed by atoms with Gasteiger partial charge in [-0.15, -0.1) is 21.5 Å². The van der Waals surface area contributed by atoms with Crippen LogP contribution >= 0.6 is 22.9 Å². The fraction of sp³-hybridized carbons (Fsp3) is 0.431. The third-order valence-corrected chi connectivity index (χ3v) is 15.3. The van der Waals surface area contributed by atoms with Gasteiger partial charge in [0, 0.05) is 44.7 Å². The minimum Gasteiger partial charge on any atom is -0.496 e. The molecule has 0 spiro atoms. The maximum absolute atomic E-state index is 14.3. The average Bonchev–Trinajstić information content (AvgIpc) is 3.27. The first kappa shape index (κ1) is 60.3. The molecule has 2 amide bonds. The quantitative estimate of drug-likeness (QED) is 0.0324. The fourth-order valence-corrected chi connectivity index (χ4v) is 11.1. The van der Waals surface area contributed by atoms with Crippen LogP contribution in [-0.2, 0) is 49.4 Å². The highest BCUT2D eigenvalue weighted by Gasteiger charge is 2.33. The number of carbonyl (C=O) groups excluding carboxylic acids is 2. The molecule has 8 aromatic rings. The van der Waals surface area contributed by atoms with Crippen molar-refractivity contribution in [3.63, 3.8) is 0 Å². The summed E-state index contributed by atoms with van der Waals surface area (Å²) in [7, 11) is 1.58. The zero-order valence-electron chi connectivity index (χ0n) is 47.5. The van der Waals surface area contributed by atoms with Crippen molar-refractivity contribution < 1.29 is 52.1 Å². The summed E-state index contributed by atoms with van der Waals surface area (Å²) in [5.74, 6) is 1.81. The molecule has 440 valence electrons. The van der Waals surface area contributed by atoms with E-state index >= 15 is 0 Å². The molecule has 1 aliphatic heterocycles. The van der Waals surface area contributed by atoms with Crippen molar-refractivity contribution in [1.82, 2.24) is 49.8 Å². The summed E-state index contributed by atoms with van der Waals surface area (Å²) >= 11 is 7.90. The number of aromatic nitrogens is 8. The molecule has 0 saturated carbocycles. The first-order valence-corrected chi connectivity index (χ1v) is 28.5. The molecule has 1 aliphatic rings. The Morgan fingerprint density at radius 1 is 0.795 bits per heavy atom. The fourth-order valence-electron chi connectivity index (χ4n) is 9.73. The average molecular weight is 1180 g/mol. The van der Waals surface area contributed by atoms with Gasteiger partial charge < -0.3 is 43.0 Å². The zero-order valence-corrected chi connectivity index (χ0v) is 49.1. The summed E-state index contributed by atoms with van der Waals surface area (Å²) in [6, 6.07) is 15.8. The number of carbonyl (C=O) groups is 2. The lowest BCUT2D eigenvalue weighted by Gasteiger charge is -2.15. The highest BCUT2D eigenvalue weighted by Crippen LogP contribution is 2.41. The number of nitrogens with one attached hydrogen (secondary N) is 2. The van der Waals surface area contributed by atoms with Crippen molar-refractivity contribution >= 4 is 62.4 Å². The van der Waals surface area contributed by atoms with Gasteiger partial charge >= 0.3 is 5.69 Å². The number of halogens is 1. The number of methoxy groups -OCH3 is 1. The first-order valence-electron chi connectivity index (χ1n) is 27.3. The Labute approximate surface area is 488 Å². The molecule has 25 heteroatoms. The second kappa shape index (κ2) is 28.8. The number of aliphatic imine (C=N–C) groups is 1. The minimum atomic E-state index is -0.556. The number of aryl methyl sites for hydroxylation is 4. The van der Waals surface area contributed by atoms with Crippen molar-refractivity contribution in [2.75, 3.05) is 99.5 Å². The number of pyridine rings is 2. The highest BCUT2D eigenvalue weighted by molar-refractivity contribution is 7.15. The molecule has 0 unspecified atom stereocenters. The van der Waals surface area contributed by atoms with Crippen molar-refractivity contribution in [2.45, 2.75) is 66.6 Å². The number of fused-ring (bicyclic) bond motifs is 6. The molecular weight excluding hydrogens is 1110 g/mol. The number of hydroxylamine groups is 1. The molecule has 2 N–H and O–H groups in total. The summed E-state index contributed by atoms with van der Waals surface area (Å²) < 4.78 is 50.0. The van der Waals surface area contributed by atoms with E-state index in [9.17, 15) is 14.4 Å². The van der Waals surface area contributed by atoms with Gasteiger partial charge in [-0.3, -0.25) is 43.1 Å². The number of ether oxygens (including phenoxy) is 7. The maximum atomic E-state index is 14.3. The molecule has 9 rings (SSSR count). The molecule has 23 nitrogen and oxygen atoms in total. The van der Waals surface area contributed by atoms with Crippen LogP contribution in [0.3, 0.4) is 0 Å². The predicted octanol–water partition coefficient (Wildman–Crippen LogP) is 7.10. The lowest BCUT2D eigenvalue weighted by molar-refractivity contribution is -0.135. The number of amides is 2. The number of rotatable bonds is 31. The van der Waals surface area contributed by atoms with E-state index in [1.807, 2.05) is 86.9 Å². The molecule has 0 fully saturated rings. The Bertz CT molecular complexity index is 3580. The van der Waals surface area contributed by atoms with Crippen LogP contribution < -0.4 is 21.2 Å². The van der Waals surface area contributed by atoms with Crippen molar-refractivity contribution in [3.05, 3.63) is 133 Å². The van der Waals surface area contributed by atoms with Gasteiger partial charge in [0.1, 0.15) is 34.9 Å². The van der Waals surface area contributed by atoms with E-state index in [-0.39, 0.29) is 32.1 Å². The Morgan fingerprint density at radius 2 is 1.46 bits per heavy atom. The van der Waals surface area contributed by atoms with E-state index < -0.39 is 23.7 Å². The van der Waals surface area contributed by atoms with Crippen LogP contribution in [0.4, 0.5) is 0 Å². The van der Waals surface area contributed by atoms with Crippen LogP contribution in [-0.4, -0.2) is 156 Å². The Morgan fingerprint density at radius 3 is 2.08 bits per heavy atom. The van der Waals surface area contributed by atoms with Crippen LogP contribution in [0.2, 0.25) is 5.02 Å². The molecular formula is C58H68ClN11O12S. The summed E-state index contributed by atoms with van der Waals surface area (Å²) in [6.45, 7) is 16.0. The highest BCUT2D eigenvalue weighted by atomic mass is 35.5. The van der Waals surface area contributed by atoms with E-state index in [0.29, 0.717) is 135 Å². The Hall–Kier alpha value is -7.26. The summed E-state index contributed by atoms with van der Waals surface area (Å²) in [5.41, 5.74) is 10.4. The van der Waals surface area contributed by atoms with E-state index in [1.54, 1.807) is 35.4 Å². The van der Waals surface area contributed by atoms with Gasteiger partial charge in [-0.1, -0.05) is 35.0 Å². The van der Waals surface area contributed by atoms with E-state index in [1.165, 1.54) is 9.44 Å². The maximum Gasteiger partial charge on any atom is 0.330 e. The lowest BCUT2D eigenvalue weighted by Crippen LogP contribution is -2.34. The molecule has 0 bridgehead atoms. The van der Waals surface area contributed by atoms with Crippen LogP contribution in [0.1, 0.15) is 75.8 Å². The Balaban J connectivity index is 0.601. The molecule has 2 atom stereocenters. The lowest BCUT2D eigenvalue weighted by atomic mass is 9.99. The van der Waals surface area contributed by atoms with Gasteiger partial charge in [-0.25, -0.2) is 10.3 Å². The third-order valence-electron chi connectivity index (χ3n) is 13.9. The van der Waals surface area contributed by atoms with Crippen molar-refractivity contribution in [2.24, 2.45) is 4.99 Å². The van der Waals surface area contributed by atoms with Gasteiger partial charge in [-0.05, 0) is 83.5 Å². The van der Waals surface area contributed by atoms with Gasteiger partial charge in [0.15, 0.2) is 5.82 Å². The molecule has 83 heavy (non-hydrogen) atoms. The van der Waals surface area contributed by atoms with Gasteiger partial charge in [0.05, 0.1) is 151 Å². The van der Waals surface area contributed by atoms with Crippen LogP contribution in [0.5, 0.6) is 5.75 Å². The number of imidazole rings is 1. The molecule has 2 aromatic carbocycles. The summed E-state index contributed by atoms with van der Waals surface area (Å²) in [4.78, 5) is 61.8. The Kier molecular flexibility index (Phi) is 21.0. The van der Waals surface area contributed by atoms with E-state index in [4.69, 9.17) is 64.1 Å². The van der Waals surface area contributed by atoms with Crippen molar-refractivity contribution in [3.8, 4) is 21.9 Å². The second-order valence-electron chi connectivity index (χ2n) is 19.4. The molecule has 0 aliphatic carbocycles. The molecule has 0 saturated heterocycles. The van der Waals surface area contributed by atoms with Gasteiger partial charge in [0.25, 0.3) is 5.91 Å². The zero-order chi connectivity index (χ0) is 58.4. The van der Waals surface area contributed by atoms with Crippen LogP contribution in [0.15, 0.2) is 81.3 Å². The SMILES string of the molecule is COc1cc2c(cc1-c1c(C)noc1C)ncc1c2n([C@H](C)c2ccccn2)c(=O)n1CC(=O)NOCCOCCOCCOCCOCCOCCOCCNC(=O)C[C@@H]1N=C(c2ccc(Cl)cc2)c2c(sc(C)c2C)-n2c(C)nnc21. The van der Waals surface area contributed by atoms with E-state index in [2.05, 4.69) is 45.0 Å². The normalized spacial score (nSPS) is 13.5. The summed E-state index contributed by atoms with van der Waals surface area (Å²) in [5, 5.41) is 18.2. The van der Waals surface area contributed by atoms with Gasteiger partial charge in [0.2, 0.25) is 5.91 Å². The topological polar surface area (TPSA) is 254 Å². The first-order chi connectivity index (χ1) is 40.3. The van der Waals surface area contributed by atoms with Crippen LogP contribution in [0, 0.1) is 34.6 Å². The smallest absolute Gasteiger partial charge is 0.330 e. The third kappa shape index (κ3) is 14.4. The van der Waals surface area contributed by atoms with Crippen molar-refractivity contribution in [1.29, 1.82) is 0 Å². The van der Waals surface area contributed by atoms with Crippen LogP contribution in [0.25, 0.3) is 38.1 Å². The molecule has 6 aromatic heterocycles.